The standard InChI is InChI=1S/C29H31ClN4O4/c30-23-13-11-22(12-14-23)21-9-6-20(7-10-21)18-25(28(32)37)34-29(38)24(33-27(36)17-16-26(31)35)15-8-19-4-2-1-3-5-19/h1-7,9-14,24-25H,8,15-18H2,(H2,31,35)(H2,32,37)(H,33,36)(H,34,38)/t24-,25+/m1/s1. The maximum atomic E-state index is 13.2. The molecule has 3 aromatic carbocycles. The molecular formula is C29H31ClN4O4. The Morgan fingerprint density at radius 1 is 0.711 bits per heavy atom. The Balaban J connectivity index is 1.68. The molecule has 2 atom stereocenters. The molecular weight excluding hydrogens is 504 g/mol. The van der Waals surface area contributed by atoms with Gasteiger partial charge in [-0.15, -0.1) is 0 Å². The lowest BCUT2D eigenvalue weighted by Gasteiger charge is -2.22. The number of carbonyl (C=O) groups is 4. The molecule has 0 aliphatic carbocycles. The Morgan fingerprint density at radius 3 is 1.89 bits per heavy atom. The van der Waals surface area contributed by atoms with Gasteiger partial charge in [-0.25, -0.2) is 0 Å². The molecule has 0 saturated heterocycles. The van der Waals surface area contributed by atoms with E-state index in [0.717, 1.165) is 22.3 Å². The number of primary amides is 2. The van der Waals surface area contributed by atoms with Crippen LogP contribution in [0.2, 0.25) is 5.02 Å². The predicted molar refractivity (Wildman–Crippen MR) is 147 cm³/mol. The van der Waals surface area contributed by atoms with E-state index in [9.17, 15) is 19.2 Å². The van der Waals surface area contributed by atoms with Gasteiger partial charge in [0.15, 0.2) is 0 Å². The zero-order valence-electron chi connectivity index (χ0n) is 20.9. The Kier molecular flexibility index (Phi) is 10.4. The predicted octanol–water partition coefficient (Wildman–Crippen LogP) is 2.90. The zero-order chi connectivity index (χ0) is 27.5. The number of hydrogen-bond donors (Lipinski definition) is 4. The highest BCUT2D eigenvalue weighted by Gasteiger charge is 2.26. The van der Waals surface area contributed by atoms with Crippen LogP contribution in [-0.4, -0.2) is 35.7 Å². The first-order chi connectivity index (χ1) is 18.2. The minimum atomic E-state index is -0.981. The fraction of sp³-hybridized carbons (Fsp3) is 0.241. The summed E-state index contributed by atoms with van der Waals surface area (Å²) in [6.45, 7) is 0. The van der Waals surface area contributed by atoms with Gasteiger partial charge in [-0.2, -0.15) is 0 Å². The molecule has 0 aliphatic rings. The molecule has 198 valence electrons. The summed E-state index contributed by atoms with van der Waals surface area (Å²) in [6.07, 6.45) is 0.725. The average Bonchev–Trinajstić information content (AvgIpc) is 2.90. The highest BCUT2D eigenvalue weighted by molar-refractivity contribution is 6.30. The lowest BCUT2D eigenvalue weighted by molar-refractivity contribution is -0.132. The zero-order valence-corrected chi connectivity index (χ0v) is 21.6. The molecule has 0 aliphatic heterocycles. The number of hydrogen-bond acceptors (Lipinski definition) is 4. The third kappa shape index (κ3) is 9.05. The number of halogens is 1. The van der Waals surface area contributed by atoms with E-state index in [1.807, 2.05) is 78.9 Å². The Bertz CT molecular complexity index is 1250. The van der Waals surface area contributed by atoms with Gasteiger partial charge in [-0.3, -0.25) is 19.2 Å². The van der Waals surface area contributed by atoms with E-state index in [4.69, 9.17) is 23.1 Å². The molecule has 0 heterocycles. The van der Waals surface area contributed by atoms with Crippen molar-refractivity contribution in [2.45, 2.75) is 44.2 Å². The third-order valence-electron chi connectivity index (χ3n) is 6.05. The van der Waals surface area contributed by atoms with E-state index in [-0.39, 0.29) is 19.3 Å². The van der Waals surface area contributed by atoms with Gasteiger partial charge in [-0.1, -0.05) is 78.3 Å². The van der Waals surface area contributed by atoms with Crippen molar-refractivity contribution >= 4 is 35.2 Å². The Hall–Kier alpha value is -4.17. The maximum Gasteiger partial charge on any atom is 0.243 e. The van der Waals surface area contributed by atoms with E-state index < -0.39 is 35.7 Å². The van der Waals surface area contributed by atoms with E-state index >= 15 is 0 Å². The Labute approximate surface area is 226 Å². The van der Waals surface area contributed by atoms with E-state index in [1.54, 1.807) is 0 Å². The van der Waals surface area contributed by atoms with Crippen LogP contribution in [0.3, 0.4) is 0 Å². The minimum Gasteiger partial charge on any atom is -0.370 e. The number of carbonyl (C=O) groups excluding carboxylic acids is 4. The molecule has 0 bridgehead atoms. The van der Waals surface area contributed by atoms with Crippen LogP contribution in [0.15, 0.2) is 78.9 Å². The van der Waals surface area contributed by atoms with Crippen molar-refractivity contribution in [3.8, 4) is 11.1 Å². The first kappa shape index (κ1) is 28.4. The van der Waals surface area contributed by atoms with E-state index in [0.29, 0.717) is 17.9 Å². The number of benzene rings is 3. The largest absolute Gasteiger partial charge is 0.370 e. The number of amides is 4. The van der Waals surface area contributed by atoms with Gasteiger partial charge >= 0.3 is 0 Å². The second-order valence-corrected chi connectivity index (χ2v) is 9.42. The highest BCUT2D eigenvalue weighted by Crippen LogP contribution is 2.22. The first-order valence-electron chi connectivity index (χ1n) is 12.3. The summed E-state index contributed by atoms with van der Waals surface area (Å²) in [7, 11) is 0. The molecule has 8 nitrogen and oxygen atoms in total. The molecule has 0 aromatic heterocycles. The smallest absolute Gasteiger partial charge is 0.243 e. The lowest BCUT2D eigenvalue weighted by Crippen LogP contribution is -2.53. The van der Waals surface area contributed by atoms with Crippen molar-refractivity contribution in [1.29, 1.82) is 0 Å². The SMILES string of the molecule is NC(=O)CCC(=O)N[C@H](CCc1ccccc1)C(=O)N[C@@H](Cc1ccc(-c2ccc(Cl)cc2)cc1)C(N)=O. The summed E-state index contributed by atoms with van der Waals surface area (Å²) in [5.41, 5.74) is 14.5. The number of aryl methyl sites for hydroxylation is 1. The quantitative estimate of drug-likeness (QED) is 0.267. The van der Waals surface area contributed by atoms with Crippen LogP contribution in [0.4, 0.5) is 0 Å². The molecule has 38 heavy (non-hydrogen) atoms. The maximum absolute atomic E-state index is 13.2. The van der Waals surface area contributed by atoms with Gasteiger partial charge in [0.05, 0.1) is 0 Å². The Morgan fingerprint density at radius 2 is 1.32 bits per heavy atom. The van der Waals surface area contributed by atoms with Crippen molar-refractivity contribution in [3.05, 3.63) is 95.0 Å². The van der Waals surface area contributed by atoms with Crippen LogP contribution in [-0.2, 0) is 32.0 Å². The van der Waals surface area contributed by atoms with Gasteiger partial charge in [0, 0.05) is 24.3 Å². The summed E-state index contributed by atoms with van der Waals surface area (Å²) < 4.78 is 0. The number of rotatable bonds is 13. The molecule has 0 saturated carbocycles. The van der Waals surface area contributed by atoms with Gasteiger partial charge in [0.25, 0.3) is 0 Å². The number of nitrogens with one attached hydrogen (secondary N) is 2. The summed E-state index contributed by atoms with van der Waals surface area (Å²) in [5, 5.41) is 6.00. The van der Waals surface area contributed by atoms with E-state index in [1.165, 1.54) is 0 Å². The van der Waals surface area contributed by atoms with E-state index in [2.05, 4.69) is 10.6 Å². The van der Waals surface area contributed by atoms with Crippen molar-refractivity contribution in [1.82, 2.24) is 10.6 Å². The van der Waals surface area contributed by atoms with Crippen molar-refractivity contribution in [2.75, 3.05) is 0 Å². The van der Waals surface area contributed by atoms with Gasteiger partial charge in [-0.05, 0) is 47.2 Å². The second-order valence-electron chi connectivity index (χ2n) is 8.98. The second kappa shape index (κ2) is 13.9. The van der Waals surface area contributed by atoms with Crippen molar-refractivity contribution < 1.29 is 19.2 Å². The lowest BCUT2D eigenvalue weighted by atomic mass is 9.99. The van der Waals surface area contributed by atoms with Crippen LogP contribution in [0.1, 0.15) is 30.4 Å². The molecule has 4 amide bonds. The molecule has 0 fully saturated rings. The molecule has 9 heteroatoms. The van der Waals surface area contributed by atoms with Crippen molar-refractivity contribution in [3.63, 3.8) is 0 Å². The van der Waals surface area contributed by atoms with Gasteiger partial charge in [0.2, 0.25) is 23.6 Å². The summed E-state index contributed by atoms with van der Waals surface area (Å²) in [4.78, 5) is 48.8. The highest BCUT2D eigenvalue weighted by atomic mass is 35.5. The third-order valence-corrected chi connectivity index (χ3v) is 6.30. The molecule has 6 N–H and O–H groups in total. The monoisotopic (exact) mass is 534 g/mol. The molecule has 3 aromatic rings. The molecule has 3 rings (SSSR count). The van der Waals surface area contributed by atoms with Crippen LogP contribution >= 0.6 is 11.6 Å². The molecule has 0 radical (unpaired) electrons. The van der Waals surface area contributed by atoms with Gasteiger partial charge < -0.3 is 22.1 Å². The first-order valence-corrected chi connectivity index (χ1v) is 12.6. The fourth-order valence-corrected chi connectivity index (χ4v) is 4.06. The van der Waals surface area contributed by atoms with Crippen molar-refractivity contribution in [2.24, 2.45) is 11.5 Å². The summed E-state index contributed by atoms with van der Waals surface area (Å²) in [6, 6.07) is 22.6. The minimum absolute atomic E-state index is 0.130. The van der Waals surface area contributed by atoms with Crippen LogP contribution < -0.4 is 22.1 Å². The molecule has 0 unspecified atom stereocenters. The van der Waals surface area contributed by atoms with Crippen LogP contribution in [0.5, 0.6) is 0 Å². The van der Waals surface area contributed by atoms with Crippen LogP contribution in [0, 0.1) is 0 Å². The summed E-state index contributed by atoms with van der Waals surface area (Å²) in [5.74, 6) is -2.32. The number of nitrogens with two attached hydrogens (primary N) is 2. The normalized spacial score (nSPS) is 12.2. The van der Waals surface area contributed by atoms with Gasteiger partial charge in [0.1, 0.15) is 12.1 Å². The van der Waals surface area contributed by atoms with Crippen LogP contribution in [0.25, 0.3) is 11.1 Å². The fourth-order valence-electron chi connectivity index (χ4n) is 3.93. The summed E-state index contributed by atoms with van der Waals surface area (Å²) >= 11 is 5.96. The topological polar surface area (TPSA) is 144 Å². The average molecular weight is 535 g/mol. The molecule has 0 spiro atoms.